The first kappa shape index (κ1) is 34.4. The van der Waals surface area contributed by atoms with Crippen LogP contribution < -0.4 is 29.0 Å². The molecule has 10 rings (SSSR count). The predicted molar refractivity (Wildman–Crippen MR) is 193 cm³/mol. The summed E-state index contributed by atoms with van der Waals surface area (Å²) in [6, 6.07) is 4.51. The summed E-state index contributed by atoms with van der Waals surface area (Å²) in [5.74, 6) is 1.66. The van der Waals surface area contributed by atoms with Crippen molar-refractivity contribution in [3.63, 3.8) is 0 Å². The number of fused-ring (bicyclic) bond motifs is 9. The zero-order chi connectivity index (χ0) is 37.1. The summed E-state index contributed by atoms with van der Waals surface area (Å²) in [5.41, 5.74) is 5.22. The fourth-order valence-corrected chi connectivity index (χ4v) is 11.6. The number of rotatable bonds is 3. The van der Waals surface area contributed by atoms with Gasteiger partial charge < -0.3 is 38.6 Å². The van der Waals surface area contributed by atoms with Crippen molar-refractivity contribution in [2.24, 2.45) is 0 Å². The van der Waals surface area contributed by atoms with Crippen molar-refractivity contribution < 1.29 is 48.2 Å². The summed E-state index contributed by atoms with van der Waals surface area (Å²) in [7, 11) is 5.17. The Hall–Kier alpha value is -4.37. The minimum Gasteiger partial charge on any atom is -0.504 e. The number of ether oxygens (including phenoxy) is 6. The van der Waals surface area contributed by atoms with Crippen LogP contribution in [-0.2, 0) is 32.7 Å². The van der Waals surface area contributed by atoms with Crippen LogP contribution in [0.15, 0.2) is 18.2 Å². The molecule has 3 aromatic rings. The average molecular weight is 746 g/mol. The van der Waals surface area contributed by atoms with Crippen molar-refractivity contribution in [1.29, 1.82) is 0 Å². The normalized spacial score (nSPS) is 28.3. The third kappa shape index (κ3) is 4.81. The van der Waals surface area contributed by atoms with E-state index in [2.05, 4.69) is 28.2 Å². The molecular weight excluding hydrogens is 703 g/mol. The Kier molecular flexibility index (Phi) is 8.01. The lowest BCUT2D eigenvalue weighted by Gasteiger charge is -2.60. The standard InChI is InChI=1S/C39H43N3O10S/c1-17-9-21-10-22-13-42-24-14-49-38(46)39(23-12-26(47-5)25(44)11-20(23)7-8-40-39)15-53-37(31(42)30(41(22)4)27(21)32(45)33(17)48-6)29-28(24)36-35(50-16-51-36)18(2)34(29)52-19(3)43/h9,11-12,22,24,30-31,37,40,44-45H,7-8,10,13-16H2,1-6H3/t22-,24+,30?,31?,37+,39+/m0/s1. The third-order valence-electron chi connectivity index (χ3n) is 12.2. The van der Waals surface area contributed by atoms with E-state index in [9.17, 15) is 19.8 Å². The van der Waals surface area contributed by atoms with Crippen LogP contribution in [0, 0.1) is 13.8 Å². The molecule has 14 heteroatoms. The van der Waals surface area contributed by atoms with Gasteiger partial charge in [0.25, 0.3) is 0 Å². The zero-order valence-corrected chi connectivity index (χ0v) is 31.3. The number of aryl methyl sites for hydroxylation is 1. The van der Waals surface area contributed by atoms with Crippen LogP contribution in [0.4, 0.5) is 0 Å². The molecule has 280 valence electrons. The molecule has 0 aromatic heterocycles. The van der Waals surface area contributed by atoms with Gasteiger partial charge >= 0.3 is 11.9 Å². The maximum Gasteiger partial charge on any atom is 0.331 e. The molecule has 53 heavy (non-hydrogen) atoms. The van der Waals surface area contributed by atoms with E-state index in [1.54, 1.807) is 31.0 Å². The second-order valence-electron chi connectivity index (χ2n) is 14.9. The Labute approximate surface area is 311 Å². The van der Waals surface area contributed by atoms with Crippen molar-refractivity contribution in [3.05, 3.63) is 62.7 Å². The van der Waals surface area contributed by atoms with Gasteiger partial charge in [0, 0.05) is 60.1 Å². The van der Waals surface area contributed by atoms with E-state index in [1.165, 1.54) is 14.0 Å². The molecule has 0 aliphatic carbocycles. The number of piperazine rings is 1. The number of thioether (sulfide) groups is 1. The number of esters is 2. The van der Waals surface area contributed by atoms with Gasteiger partial charge in [0.15, 0.2) is 40.0 Å². The molecule has 13 nitrogen and oxygen atoms in total. The number of aromatic hydroxyl groups is 2. The molecule has 6 atom stereocenters. The number of hydrogen-bond donors (Lipinski definition) is 3. The number of hydrogen-bond acceptors (Lipinski definition) is 14. The van der Waals surface area contributed by atoms with Gasteiger partial charge in [-0.05, 0) is 68.1 Å². The van der Waals surface area contributed by atoms with Crippen LogP contribution in [-0.4, -0.2) is 97.5 Å². The molecular formula is C39H43N3O10S. The van der Waals surface area contributed by atoms with Gasteiger partial charge in [-0.25, -0.2) is 4.79 Å². The first-order valence-corrected chi connectivity index (χ1v) is 19.0. The van der Waals surface area contributed by atoms with E-state index in [0.717, 1.165) is 33.4 Å². The number of phenols is 2. The SMILES string of the molecule is COc1cc2c(cc1O)CCN[C@]21CS[C@@H]2c3c(OC(C)=O)c(C)c4c(c3[C@@H](COC1=O)N1C[C@@H]3Cc5cc(C)c(OC)c(O)c5C(C21)N3C)OCO4. The Morgan fingerprint density at radius 2 is 1.81 bits per heavy atom. The van der Waals surface area contributed by atoms with Crippen molar-refractivity contribution >= 4 is 23.7 Å². The highest BCUT2D eigenvalue weighted by Gasteiger charge is 2.59. The van der Waals surface area contributed by atoms with Crippen molar-refractivity contribution in [3.8, 4) is 40.2 Å². The minimum absolute atomic E-state index is 0.00613. The lowest BCUT2D eigenvalue weighted by Crippen LogP contribution is -2.65. The molecule has 3 aromatic carbocycles. The number of carbonyl (C=O) groups excluding carboxylic acids is 2. The molecule has 2 unspecified atom stereocenters. The lowest BCUT2D eigenvalue weighted by atomic mass is 9.73. The summed E-state index contributed by atoms with van der Waals surface area (Å²) in [6.45, 7) is 6.33. The summed E-state index contributed by atoms with van der Waals surface area (Å²) in [6.07, 6.45) is 1.31. The van der Waals surface area contributed by atoms with Crippen LogP contribution in [0.3, 0.4) is 0 Å². The van der Waals surface area contributed by atoms with Gasteiger partial charge in [0.2, 0.25) is 6.79 Å². The van der Waals surface area contributed by atoms with Gasteiger partial charge in [-0.2, -0.15) is 0 Å². The van der Waals surface area contributed by atoms with Crippen LogP contribution in [0.5, 0.6) is 40.2 Å². The Morgan fingerprint density at radius 1 is 1.02 bits per heavy atom. The molecule has 3 N–H and O–H groups in total. The van der Waals surface area contributed by atoms with Gasteiger partial charge in [-0.1, -0.05) is 6.07 Å². The van der Waals surface area contributed by atoms with Gasteiger partial charge in [0.05, 0.1) is 31.6 Å². The van der Waals surface area contributed by atoms with Gasteiger partial charge in [0.1, 0.15) is 12.4 Å². The second-order valence-corrected chi connectivity index (χ2v) is 16.0. The highest BCUT2D eigenvalue weighted by molar-refractivity contribution is 7.99. The summed E-state index contributed by atoms with van der Waals surface area (Å²) >= 11 is 1.58. The number of phenolic OH excluding ortho intramolecular Hbond substituents is 2. The second kappa shape index (κ2) is 12.3. The first-order chi connectivity index (χ1) is 25.5. The molecule has 7 heterocycles. The maximum atomic E-state index is 14.7. The van der Waals surface area contributed by atoms with E-state index in [0.29, 0.717) is 60.1 Å². The number of methoxy groups -OCH3 is 2. The number of carbonyl (C=O) groups is 2. The monoisotopic (exact) mass is 745 g/mol. The quantitative estimate of drug-likeness (QED) is 0.261. The first-order valence-electron chi connectivity index (χ1n) is 17.9. The summed E-state index contributed by atoms with van der Waals surface area (Å²) in [4.78, 5) is 32.3. The number of benzene rings is 3. The Bertz CT molecular complexity index is 2090. The molecule has 0 amide bonds. The predicted octanol–water partition coefficient (Wildman–Crippen LogP) is 4.09. The molecule has 2 fully saturated rings. The molecule has 0 radical (unpaired) electrons. The fraction of sp³-hybridized carbons (Fsp3) is 0.487. The van der Waals surface area contributed by atoms with Crippen molar-refractivity contribution in [2.75, 3.05) is 53.5 Å². The summed E-state index contributed by atoms with van der Waals surface area (Å²) in [5, 5.41) is 25.8. The molecule has 4 bridgehead atoms. The number of nitrogens with one attached hydrogen (secondary N) is 1. The highest BCUT2D eigenvalue weighted by Crippen LogP contribution is 2.63. The van der Waals surface area contributed by atoms with Gasteiger partial charge in [-0.15, -0.1) is 11.8 Å². The third-order valence-corrected chi connectivity index (χ3v) is 13.7. The van der Waals surface area contributed by atoms with Crippen molar-refractivity contribution in [2.45, 2.75) is 68.6 Å². The molecule has 2 saturated heterocycles. The zero-order valence-electron chi connectivity index (χ0n) is 30.5. The topological polar surface area (TPSA) is 148 Å². The average Bonchev–Trinajstić information content (AvgIpc) is 3.61. The Morgan fingerprint density at radius 3 is 2.57 bits per heavy atom. The molecule has 7 aliphatic heterocycles. The molecule has 0 saturated carbocycles. The van der Waals surface area contributed by atoms with E-state index >= 15 is 0 Å². The van der Waals surface area contributed by atoms with Crippen LogP contribution in [0.2, 0.25) is 0 Å². The van der Waals surface area contributed by atoms with Crippen LogP contribution in [0.25, 0.3) is 0 Å². The number of likely N-dealkylation sites (N-methyl/N-ethyl adjacent to an activating group) is 1. The van der Waals surface area contributed by atoms with E-state index in [1.807, 2.05) is 13.8 Å². The lowest BCUT2D eigenvalue weighted by molar-refractivity contribution is -0.156. The van der Waals surface area contributed by atoms with Crippen molar-refractivity contribution in [1.82, 2.24) is 15.1 Å². The van der Waals surface area contributed by atoms with E-state index in [4.69, 9.17) is 28.4 Å². The molecule has 1 spiro atoms. The summed E-state index contributed by atoms with van der Waals surface area (Å²) < 4.78 is 36.2. The maximum absolute atomic E-state index is 14.7. The highest BCUT2D eigenvalue weighted by atomic mass is 32.2. The van der Waals surface area contributed by atoms with Gasteiger partial charge in [-0.3, -0.25) is 19.9 Å². The van der Waals surface area contributed by atoms with E-state index in [-0.39, 0.29) is 54.5 Å². The number of nitrogens with zero attached hydrogens (tertiary/aromatic N) is 2. The minimum atomic E-state index is -1.29. The molecule has 7 aliphatic rings. The van der Waals surface area contributed by atoms with Crippen LogP contribution >= 0.6 is 11.8 Å². The smallest absolute Gasteiger partial charge is 0.331 e. The largest absolute Gasteiger partial charge is 0.504 e. The fourth-order valence-electron chi connectivity index (χ4n) is 9.92. The van der Waals surface area contributed by atoms with E-state index < -0.39 is 28.8 Å². The van der Waals surface area contributed by atoms with Crippen LogP contribution in [0.1, 0.15) is 68.8 Å². The Balaban J connectivity index is 1.30.